The van der Waals surface area contributed by atoms with Gasteiger partial charge in [-0.1, -0.05) is 37.1 Å². The molecule has 0 atom stereocenters. The fraction of sp³-hybridized carbons (Fsp3) is 0.143. The normalized spacial score (nSPS) is 11.2. The summed E-state index contributed by atoms with van der Waals surface area (Å²) in [7, 11) is 0. The molecule has 0 aliphatic carbocycles. The van der Waals surface area contributed by atoms with E-state index in [1.165, 1.54) is 12.1 Å². The third-order valence-electron chi connectivity index (χ3n) is 3.82. The first-order chi connectivity index (χ1) is 12.5. The number of benzene rings is 2. The van der Waals surface area contributed by atoms with Gasteiger partial charge in [-0.2, -0.15) is 0 Å². The monoisotopic (exact) mass is 368 g/mol. The molecule has 3 aromatic rings. The van der Waals surface area contributed by atoms with Crippen LogP contribution in [-0.2, 0) is 11.2 Å². The van der Waals surface area contributed by atoms with Crippen LogP contribution < -0.4 is 10.4 Å². The molecule has 2 aromatic carbocycles. The molecule has 0 radical (unpaired) electrons. The second kappa shape index (κ2) is 8.02. The van der Waals surface area contributed by atoms with E-state index in [9.17, 15) is 9.59 Å². The third-order valence-corrected chi connectivity index (χ3v) is 4.07. The van der Waals surface area contributed by atoms with Gasteiger partial charge < -0.3 is 9.15 Å². The average Bonchev–Trinajstić information content (AvgIpc) is 2.61. The van der Waals surface area contributed by atoms with Crippen molar-refractivity contribution in [3.05, 3.63) is 81.2 Å². The molecular formula is C21H17ClO4. The molecule has 132 valence electrons. The molecule has 0 saturated heterocycles. The smallest absolute Gasteiger partial charge is 0.336 e. The van der Waals surface area contributed by atoms with Crippen LogP contribution >= 0.6 is 11.6 Å². The summed E-state index contributed by atoms with van der Waals surface area (Å²) in [6.07, 6.45) is 4.67. The van der Waals surface area contributed by atoms with E-state index in [1.807, 2.05) is 6.92 Å². The highest BCUT2D eigenvalue weighted by Crippen LogP contribution is 2.23. The molecule has 0 amide bonds. The number of hydrogen-bond acceptors (Lipinski definition) is 4. The molecule has 0 aliphatic heterocycles. The molecule has 0 N–H and O–H groups in total. The van der Waals surface area contributed by atoms with E-state index in [4.69, 9.17) is 20.8 Å². The maximum atomic E-state index is 12.0. The van der Waals surface area contributed by atoms with Crippen molar-refractivity contribution < 1.29 is 13.9 Å². The van der Waals surface area contributed by atoms with Gasteiger partial charge in [0.2, 0.25) is 0 Å². The summed E-state index contributed by atoms with van der Waals surface area (Å²) in [5.41, 5.74) is 1.76. The molecule has 1 aromatic heterocycles. The standard InChI is InChI=1S/C21H17ClO4/c1-2-3-15-12-21(24)26-19-13-17(9-10-18(15)19)25-20(23)11-6-14-4-7-16(22)8-5-14/h4-13H,2-3H2,1H3/b11-6+. The summed E-state index contributed by atoms with van der Waals surface area (Å²) in [5.74, 6) is -0.202. The minimum Gasteiger partial charge on any atom is -0.423 e. The van der Waals surface area contributed by atoms with E-state index in [0.717, 1.165) is 29.4 Å². The second-order valence-corrected chi connectivity index (χ2v) is 6.24. The van der Waals surface area contributed by atoms with Gasteiger partial charge in [0.25, 0.3) is 0 Å². The van der Waals surface area contributed by atoms with Crippen LogP contribution in [0.2, 0.25) is 5.02 Å². The van der Waals surface area contributed by atoms with Gasteiger partial charge in [0.15, 0.2) is 0 Å². The lowest BCUT2D eigenvalue weighted by Crippen LogP contribution is -2.04. The third kappa shape index (κ3) is 4.41. The van der Waals surface area contributed by atoms with Gasteiger partial charge in [0.05, 0.1) is 0 Å². The number of hydrogen-bond donors (Lipinski definition) is 0. The average molecular weight is 369 g/mol. The van der Waals surface area contributed by atoms with E-state index in [-0.39, 0.29) is 0 Å². The molecule has 0 spiro atoms. The maximum absolute atomic E-state index is 12.0. The van der Waals surface area contributed by atoms with Crippen LogP contribution in [0.25, 0.3) is 17.0 Å². The van der Waals surface area contributed by atoms with Crippen LogP contribution in [-0.4, -0.2) is 5.97 Å². The number of esters is 1. The van der Waals surface area contributed by atoms with Crippen molar-refractivity contribution in [2.75, 3.05) is 0 Å². The van der Waals surface area contributed by atoms with Crippen LogP contribution in [0.15, 0.2) is 63.8 Å². The topological polar surface area (TPSA) is 56.5 Å². The maximum Gasteiger partial charge on any atom is 0.336 e. The summed E-state index contributed by atoms with van der Waals surface area (Å²) in [6.45, 7) is 2.05. The molecule has 26 heavy (non-hydrogen) atoms. The Morgan fingerprint density at radius 2 is 1.92 bits per heavy atom. The van der Waals surface area contributed by atoms with E-state index in [2.05, 4.69) is 0 Å². The van der Waals surface area contributed by atoms with Gasteiger partial charge in [0, 0.05) is 28.6 Å². The number of carbonyl (C=O) groups is 1. The second-order valence-electron chi connectivity index (χ2n) is 5.80. The predicted molar refractivity (Wildman–Crippen MR) is 103 cm³/mol. The Morgan fingerprint density at radius 1 is 1.15 bits per heavy atom. The fourth-order valence-electron chi connectivity index (χ4n) is 2.64. The first kappa shape index (κ1) is 18.0. The summed E-state index contributed by atoms with van der Waals surface area (Å²) >= 11 is 5.82. The summed E-state index contributed by atoms with van der Waals surface area (Å²) in [5, 5.41) is 1.48. The largest absolute Gasteiger partial charge is 0.423 e. The van der Waals surface area contributed by atoms with E-state index < -0.39 is 11.6 Å². The van der Waals surface area contributed by atoms with Crippen LogP contribution in [0.3, 0.4) is 0 Å². The van der Waals surface area contributed by atoms with Gasteiger partial charge in [-0.15, -0.1) is 0 Å². The van der Waals surface area contributed by atoms with Crippen LogP contribution in [0, 0.1) is 0 Å². The molecule has 5 heteroatoms. The van der Waals surface area contributed by atoms with Gasteiger partial charge in [-0.3, -0.25) is 0 Å². The minimum absolute atomic E-state index is 0.319. The lowest BCUT2D eigenvalue weighted by molar-refractivity contribution is -0.128. The summed E-state index contributed by atoms with van der Waals surface area (Å²) < 4.78 is 10.5. The highest BCUT2D eigenvalue weighted by molar-refractivity contribution is 6.30. The number of halogens is 1. The highest BCUT2D eigenvalue weighted by atomic mass is 35.5. The van der Waals surface area contributed by atoms with Crippen molar-refractivity contribution in [3.8, 4) is 5.75 Å². The Bertz CT molecular complexity index is 1020. The lowest BCUT2D eigenvalue weighted by Gasteiger charge is -2.06. The quantitative estimate of drug-likeness (QED) is 0.274. The van der Waals surface area contributed by atoms with Crippen molar-refractivity contribution in [3.63, 3.8) is 0 Å². The predicted octanol–water partition coefficient (Wildman–Crippen LogP) is 5.02. The molecule has 4 nitrogen and oxygen atoms in total. The van der Waals surface area contributed by atoms with Crippen LogP contribution in [0.5, 0.6) is 5.75 Å². The van der Waals surface area contributed by atoms with E-state index in [1.54, 1.807) is 48.5 Å². The lowest BCUT2D eigenvalue weighted by atomic mass is 10.1. The van der Waals surface area contributed by atoms with Crippen LogP contribution in [0.4, 0.5) is 0 Å². The highest BCUT2D eigenvalue weighted by Gasteiger charge is 2.08. The number of carbonyl (C=O) groups excluding carboxylic acids is 1. The Balaban J connectivity index is 1.79. The van der Waals surface area contributed by atoms with Gasteiger partial charge in [-0.25, -0.2) is 9.59 Å². The van der Waals surface area contributed by atoms with Crippen molar-refractivity contribution in [1.29, 1.82) is 0 Å². The van der Waals surface area contributed by atoms with Crippen molar-refractivity contribution in [1.82, 2.24) is 0 Å². The fourth-order valence-corrected chi connectivity index (χ4v) is 2.76. The number of fused-ring (bicyclic) bond motifs is 1. The van der Waals surface area contributed by atoms with Gasteiger partial charge in [0.1, 0.15) is 11.3 Å². The number of ether oxygens (including phenoxy) is 1. The van der Waals surface area contributed by atoms with Crippen LogP contribution in [0.1, 0.15) is 24.5 Å². The van der Waals surface area contributed by atoms with E-state index in [0.29, 0.717) is 16.4 Å². The number of rotatable bonds is 5. The first-order valence-corrected chi connectivity index (χ1v) is 8.65. The van der Waals surface area contributed by atoms with Gasteiger partial charge in [-0.05, 0) is 47.9 Å². The van der Waals surface area contributed by atoms with Crippen molar-refractivity contribution in [2.24, 2.45) is 0 Å². The first-order valence-electron chi connectivity index (χ1n) is 8.27. The molecule has 0 aliphatic rings. The summed E-state index contributed by atoms with van der Waals surface area (Å²) in [6, 6.07) is 13.6. The summed E-state index contributed by atoms with van der Waals surface area (Å²) in [4.78, 5) is 23.7. The van der Waals surface area contributed by atoms with Gasteiger partial charge >= 0.3 is 11.6 Å². The minimum atomic E-state index is -0.522. The zero-order valence-electron chi connectivity index (χ0n) is 14.2. The Kier molecular flexibility index (Phi) is 5.54. The van der Waals surface area contributed by atoms with Crippen molar-refractivity contribution >= 4 is 34.6 Å². The molecule has 0 fully saturated rings. The van der Waals surface area contributed by atoms with E-state index >= 15 is 0 Å². The zero-order chi connectivity index (χ0) is 18.5. The van der Waals surface area contributed by atoms with Crippen molar-refractivity contribution in [2.45, 2.75) is 19.8 Å². The molecule has 1 heterocycles. The molecular weight excluding hydrogens is 352 g/mol. The molecule has 0 bridgehead atoms. The Morgan fingerprint density at radius 3 is 2.65 bits per heavy atom. The Labute approximate surface area is 155 Å². The Hall–Kier alpha value is -2.85. The zero-order valence-corrected chi connectivity index (χ0v) is 15.0. The number of aryl methyl sites for hydroxylation is 1. The molecule has 3 rings (SSSR count). The molecule has 0 unspecified atom stereocenters. The molecule has 0 saturated carbocycles. The SMILES string of the molecule is CCCc1cc(=O)oc2cc(OC(=O)/C=C/c3ccc(Cl)cc3)ccc12.